The van der Waals surface area contributed by atoms with E-state index in [2.05, 4.69) is 20.2 Å². The lowest BCUT2D eigenvalue weighted by molar-refractivity contribution is 0.0685. The maximum absolute atomic E-state index is 11.3. The summed E-state index contributed by atoms with van der Waals surface area (Å²) in [6.07, 6.45) is 1.53. The van der Waals surface area contributed by atoms with E-state index in [1.807, 2.05) is 27.8 Å². The van der Waals surface area contributed by atoms with Crippen LogP contribution in [0.2, 0.25) is 0 Å². The fourth-order valence-electron chi connectivity index (χ4n) is 1.47. The minimum atomic E-state index is -1.07. The lowest BCUT2D eigenvalue weighted by Crippen LogP contribution is -2.08. The van der Waals surface area contributed by atoms with Crippen LogP contribution in [0.4, 0.5) is 0 Å². The van der Waals surface area contributed by atoms with E-state index in [0.29, 0.717) is 15.9 Å². The van der Waals surface area contributed by atoms with Crippen molar-refractivity contribution in [2.75, 3.05) is 0 Å². The van der Waals surface area contributed by atoms with Crippen molar-refractivity contribution in [2.45, 2.75) is 36.7 Å². The Bertz CT molecular complexity index is 653. The van der Waals surface area contributed by atoms with Crippen molar-refractivity contribution < 1.29 is 9.90 Å². The Kier molecular flexibility index (Phi) is 4.03. The molecule has 106 valence electrons. The molecule has 2 rings (SSSR count). The average molecular weight is 293 g/mol. The lowest BCUT2D eigenvalue weighted by Gasteiger charge is -2.08. The molecule has 0 bridgehead atoms. The number of hydrogen-bond donors (Lipinski definition) is 1. The van der Waals surface area contributed by atoms with Gasteiger partial charge in [-0.05, 0) is 18.7 Å². The highest BCUT2D eigenvalue weighted by Gasteiger charge is 2.18. The number of carbonyl (C=O) groups is 1. The predicted octanol–water partition coefficient (Wildman–Crippen LogP) is 1.89. The van der Waals surface area contributed by atoms with Crippen molar-refractivity contribution in [2.24, 2.45) is 7.05 Å². The zero-order chi connectivity index (χ0) is 14.9. The van der Waals surface area contributed by atoms with Gasteiger partial charge in [-0.25, -0.2) is 14.8 Å². The second kappa shape index (κ2) is 5.58. The average Bonchev–Trinajstić information content (AvgIpc) is 2.70. The second-order valence-electron chi connectivity index (χ2n) is 4.59. The minimum absolute atomic E-state index is 0.00523. The molecule has 0 spiro atoms. The zero-order valence-corrected chi connectivity index (χ0v) is 12.5. The molecule has 0 amide bonds. The molecule has 0 aliphatic rings. The van der Waals surface area contributed by atoms with Gasteiger partial charge in [-0.1, -0.05) is 13.8 Å². The summed E-state index contributed by atoms with van der Waals surface area (Å²) < 4.78 is 1.78. The molecule has 0 saturated heterocycles. The van der Waals surface area contributed by atoms with Crippen molar-refractivity contribution >= 4 is 17.7 Å². The highest BCUT2D eigenvalue weighted by molar-refractivity contribution is 7.99. The van der Waals surface area contributed by atoms with Crippen LogP contribution >= 0.6 is 11.8 Å². The standard InChI is InChI=1S/C12H15N5O2S/c1-6(2)10-13-5-8(9(14-10)11(18)19)20-12-16-15-7(3)17(12)4/h5-6H,1-4H3,(H,18,19). The summed E-state index contributed by atoms with van der Waals surface area (Å²) in [5.74, 6) is 0.268. The third kappa shape index (κ3) is 2.79. The smallest absolute Gasteiger partial charge is 0.355 e. The first-order valence-electron chi connectivity index (χ1n) is 6.04. The van der Waals surface area contributed by atoms with Gasteiger partial charge in [0.15, 0.2) is 10.9 Å². The van der Waals surface area contributed by atoms with E-state index in [9.17, 15) is 9.90 Å². The summed E-state index contributed by atoms with van der Waals surface area (Å²) in [6, 6.07) is 0. The number of aryl methyl sites for hydroxylation is 1. The molecule has 0 atom stereocenters. The summed E-state index contributed by atoms with van der Waals surface area (Å²) >= 11 is 1.19. The first-order valence-corrected chi connectivity index (χ1v) is 6.86. The number of rotatable bonds is 4. The largest absolute Gasteiger partial charge is 0.476 e. The van der Waals surface area contributed by atoms with Crippen molar-refractivity contribution in [3.05, 3.63) is 23.5 Å². The highest BCUT2D eigenvalue weighted by atomic mass is 32.2. The molecule has 1 N–H and O–H groups in total. The van der Waals surface area contributed by atoms with Crippen molar-refractivity contribution in [3.63, 3.8) is 0 Å². The molecule has 0 aromatic carbocycles. The summed E-state index contributed by atoms with van der Waals surface area (Å²) in [7, 11) is 1.82. The minimum Gasteiger partial charge on any atom is -0.476 e. The third-order valence-electron chi connectivity index (χ3n) is 2.75. The number of nitrogens with zero attached hydrogens (tertiary/aromatic N) is 5. The molecular weight excluding hydrogens is 278 g/mol. The summed E-state index contributed by atoms with van der Waals surface area (Å²) in [5.41, 5.74) is -0.00523. The topological polar surface area (TPSA) is 93.8 Å². The van der Waals surface area contributed by atoms with Crippen LogP contribution in [0.1, 0.15) is 41.9 Å². The monoisotopic (exact) mass is 293 g/mol. The fraction of sp³-hybridized carbons (Fsp3) is 0.417. The van der Waals surface area contributed by atoms with Gasteiger partial charge in [-0.2, -0.15) is 0 Å². The molecule has 8 heteroatoms. The number of carboxylic acid groups (broad SMARTS) is 1. The van der Waals surface area contributed by atoms with Crippen molar-refractivity contribution in [1.29, 1.82) is 0 Å². The SMILES string of the molecule is Cc1nnc(Sc2cnc(C(C)C)nc2C(=O)O)n1C. The molecule has 20 heavy (non-hydrogen) atoms. The van der Waals surface area contributed by atoms with E-state index in [4.69, 9.17) is 0 Å². The van der Waals surface area contributed by atoms with Crippen molar-refractivity contribution in [3.8, 4) is 0 Å². The number of aromatic nitrogens is 5. The van der Waals surface area contributed by atoms with Gasteiger partial charge in [0.25, 0.3) is 0 Å². The van der Waals surface area contributed by atoms with Gasteiger partial charge in [0.05, 0.1) is 4.90 Å². The fourth-order valence-corrected chi connectivity index (χ4v) is 2.35. The summed E-state index contributed by atoms with van der Waals surface area (Å²) in [4.78, 5) is 20.1. The van der Waals surface area contributed by atoms with E-state index in [1.165, 1.54) is 18.0 Å². The Morgan fingerprint density at radius 2 is 2.10 bits per heavy atom. The zero-order valence-electron chi connectivity index (χ0n) is 11.7. The van der Waals surface area contributed by atoms with E-state index >= 15 is 0 Å². The Morgan fingerprint density at radius 3 is 2.60 bits per heavy atom. The van der Waals surface area contributed by atoms with Crippen molar-refractivity contribution in [1.82, 2.24) is 24.7 Å². The molecule has 2 heterocycles. The van der Waals surface area contributed by atoms with Crippen LogP contribution in [0.25, 0.3) is 0 Å². The summed E-state index contributed by atoms with van der Waals surface area (Å²) in [5, 5.41) is 17.8. The van der Waals surface area contributed by atoms with Gasteiger partial charge in [-0.15, -0.1) is 10.2 Å². The summed E-state index contributed by atoms with van der Waals surface area (Å²) in [6.45, 7) is 5.66. The number of aromatic carboxylic acids is 1. The van der Waals surface area contributed by atoms with Crippen LogP contribution in [-0.2, 0) is 7.05 Å². The van der Waals surface area contributed by atoms with Gasteiger partial charge in [0.1, 0.15) is 11.6 Å². The van der Waals surface area contributed by atoms with Gasteiger partial charge < -0.3 is 9.67 Å². The normalized spacial score (nSPS) is 11.1. The molecule has 7 nitrogen and oxygen atoms in total. The van der Waals surface area contributed by atoms with Crippen LogP contribution in [-0.4, -0.2) is 35.8 Å². The number of carboxylic acids is 1. The molecule has 2 aromatic rings. The first kappa shape index (κ1) is 14.4. The Balaban J connectivity index is 2.41. The van der Waals surface area contributed by atoms with E-state index in [0.717, 1.165) is 5.82 Å². The van der Waals surface area contributed by atoms with Crippen LogP contribution < -0.4 is 0 Å². The Morgan fingerprint density at radius 1 is 1.40 bits per heavy atom. The van der Waals surface area contributed by atoms with Gasteiger partial charge >= 0.3 is 5.97 Å². The van der Waals surface area contributed by atoms with E-state index in [-0.39, 0.29) is 11.6 Å². The Hall–Kier alpha value is -1.96. The molecule has 0 saturated carbocycles. The molecule has 0 aliphatic heterocycles. The van der Waals surface area contributed by atoms with Gasteiger partial charge in [0.2, 0.25) is 0 Å². The molecule has 0 fully saturated rings. The molecule has 2 aromatic heterocycles. The third-order valence-corrected chi connectivity index (χ3v) is 3.80. The van der Waals surface area contributed by atoms with Crippen LogP contribution in [0.5, 0.6) is 0 Å². The van der Waals surface area contributed by atoms with Gasteiger partial charge in [0, 0.05) is 19.2 Å². The molecule has 0 aliphatic carbocycles. The van der Waals surface area contributed by atoms with E-state index in [1.54, 1.807) is 4.57 Å². The molecule has 0 unspecified atom stereocenters. The predicted molar refractivity (Wildman–Crippen MR) is 72.9 cm³/mol. The molecular formula is C12H15N5O2S. The quantitative estimate of drug-likeness (QED) is 0.919. The van der Waals surface area contributed by atoms with Crippen LogP contribution in [0, 0.1) is 6.92 Å². The Labute approximate surface area is 120 Å². The maximum Gasteiger partial charge on any atom is 0.355 e. The first-order chi connectivity index (χ1) is 9.40. The number of hydrogen-bond acceptors (Lipinski definition) is 6. The second-order valence-corrected chi connectivity index (χ2v) is 5.60. The van der Waals surface area contributed by atoms with E-state index < -0.39 is 5.97 Å². The highest BCUT2D eigenvalue weighted by Crippen LogP contribution is 2.28. The molecule has 0 radical (unpaired) electrons. The lowest BCUT2D eigenvalue weighted by atomic mass is 10.2. The van der Waals surface area contributed by atoms with Crippen LogP contribution in [0.3, 0.4) is 0 Å². The van der Waals surface area contributed by atoms with Crippen LogP contribution in [0.15, 0.2) is 16.2 Å². The van der Waals surface area contributed by atoms with Gasteiger partial charge in [-0.3, -0.25) is 0 Å². The maximum atomic E-state index is 11.3.